The highest BCUT2D eigenvalue weighted by Gasteiger charge is 2.04. The molecule has 0 saturated heterocycles. The summed E-state index contributed by atoms with van der Waals surface area (Å²) in [6.07, 6.45) is 12.5. The zero-order valence-corrected chi connectivity index (χ0v) is 17.5. The molecule has 0 fully saturated rings. The molecular weight excluding hydrogens is 348 g/mol. The van der Waals surface area contributed by atoms with E-state index >= 15 is 0 Å². The van der Waals surface area contributed by atoms with Gasteiger partial charge in [0, 0.05) is 6.61 Å². The van der Waals surface area contributed by atoms with Crippen LogP contribution in [0.15, 0.2) is 0 Å². The Bertz CT molecular complexity index is 265. The highest BCUT2D eigenvalue weighted by molar-refractivity contribution is 4.52. The molecule has 0 aliphatic rings. The van der Waals surface area contributed by atoms with E-state index in [4.69, 9.17) is 24.1 Å². The predicted molar refractivity (Wildman–Crippen MR) is 108 cm³/mol. The van der Waals surface area contributed by atoms with Gasteiger partial charge in [0.2, 0.25) is 0 Å². The topological polar surface area (TPSA) is 77.4 Å². The van der Waals surface area contributed by atoms with Gasteiger partial charge in [-0.3, -0.25) is 0 Å². The summed E-state index contributed by atoms with van der Waals surface area (Å²) >= 11 is 0. The van der Waals surface area contributed by atoms with Crippen LogP contribution in [0.5, 0.6) is 0 Å². The van der Waals surface area contributed by atoms with Crippen LogP contribution in [0.25, 0.3) is 0 Å². The molecule has 0 rings (SSSR count). The fourth-order valence-corrected chi connectivity index (χ4v) is 2.68. The van der Waals surface area contributed by atoms with Gasteiger partial charge in [0.05, 0.1) is 52.9 Å². The molecule has 1 unspecified atom stereocenters. The SMILES string of the molecule is CCCCCCCCCCCCOCC(O)COCCOCCOCCO. The molecular formula is C21H44O6. The van der Waals surface area contributed by atoms with Gasteiger partial charge >= 0.3 is 0 Å². The minimum Gasteiger partial charge on any atom is -0.394 e. The van der Waals surface area contributed by atoms with Crippen LogP contribution < -0.4 is 0 Å². The first-order chi connectivity index (χ1) is 13.3. The lowest BCUT2D eigenvalue weighted by Crippen LogP contribution is -2.23. The van der Waals surface area contributed by atoms with Gasteiger partial charge in [-0.1, -0.05) is 64.7 Å². The predicted octanol–water partition coefficient (Wildman–Crippen LogP) is 3.33. The lowest BCUT2D eigenvalue weighted by atomic mass is 10.1. The van der Waals surface area contributed by atoms with E-state index in [2.05, 4.69) is 6.92 Å². The molecule has 6 heteroatoms. The average molecular weight is 393 g/mol. The van der Waals surface area contributed by atoms with Gasteiger partial charge in [0.15, 0.2) is 0 Å². The normalized spacial score (nSPS) is 12.6. The van der Waals surface area contributed by atoms with Crippen molar-refractivity contribution in [3.05, 3.63) is 0 Å². The molecule has 0 heterocycles. The third kappa shape index (κ3) is 23.7. The van der Waals surface area contributed by atoms with Crippen molar-refractivity contribution in [2.75, 3.05) is 59.5 Å². The van der Waals surface area contributed by atoms with Crippen LogP contribution in [0, 0.1) is 0 Å². The number of aliphatic hydroxyl groups excluding tert-OH is 2. The van der Waals surface area contributed by atoms with E-state index in [1.54, 1.807) is 0 Å². The molecule has 0 aromatic carbocycles. The zero-order chi connectivity index (χ0) is 19.8. The third-order valence-electron chi connectivity index (χ3n) is 4.24. The number of aliphatic hydroxyl groups is 2. The number of unbranched alkanes of at least 4 members (excludes halogenated alkanes) is 9. The molecule has 0 bridgehead atoms. The molecule has 6 nitrogen and oxygen atoms in total. The standard InChI is InChI=1S/C21H44O6/c1-2-3-4-5-6-7-8-9-10-11-13-26-19-21(23)20-27-18-17-25-16-15-24-14-12-22/h21-23H,2-20H2,1H3. The van der Waals surface area contributed by atoms with Gasteiger partial charge in [-0.2, -0.15) is 0 Å². The largest absolute Gasteiger partial charge is 0.394 e. The number of hydrogen-bond donors (Lipinski definition) is 2. The van der Waals surface area contributed by atoms with Crippen molar-refractivity contribution in [3.63, 3.8) is 0 Å². The summed E-state index contributed by atoms with van der Waals surface area (Å²) in [4.78, 5) is 0. The maximum absolute atomic E-state index is 9.78. The van der Waals surface area contributed by atoms with Crippen molar-refractivity contribution in [3.8, 4) is 0 Å². The third-order valence-corrected chi connectivity index (χ3v) is 4.24. The van der Waals surface area contributed by atoms with Crippen molar-refractivity contribution in [2.24, 2.45) is 0 Å². The molecule has 0 radical (unpaired) electrons. The lowest BCUT2D eigenvalue weighted by Gasteiger charge is -2.12. The van der Waals surface area contributed by atoms with Crippen LogP contribution >= 0.6 is 0 Å². The van der Waals surface area contributed by atoms with Gasteiger partial charge in [-0.15, -0.1) is 0 Å². The van der Waals surface area contributed by atoms with Crippen molar-refractivity contribution in [1.29, 1.82) is 0 Å². The molecule has 0 aromatic rings. The molecule has 0 aliphatic carbocycles. The summed E-state index contributed by atoms with van der Waals surface area (Å²) in [7, 11) is 0. The monoisotopic (exact) mass is 392 g/mol. The van der Waals surface area contributed by atoms with E-state index in [-0.39, 0.29) is 13.2 Å². The van der Waals surface area contributed by atoms with Crippen molar-refractivity contribution < 1.29 is 29.2 Å². The molecule has 1 atom stereocenters. The first-order valence-electron chi connectivity index (χ1n) is 10.9. The Hall–Kier alpha value is -0.240. The first-order valence-corrected chi connectivity index (χ1v) is 10.9. The van der Waals surface area contributed by atoms with Crippen LogP contribution in [-0.2, 0) is 18.9 Å². The average Bonchev–Trinajstić information content (AvgIpc) is 2.67. The Balaban J connectivity index is 3.12. The summed E-state index contributed by atoms with van der Waals surface area (Å²) < 4.78 is 21.2. The van der Waals surface area contributed by atoms with Gasteiger partial charge in [-0.05, 0) is 6.42 Å². The minimum absolute atomic E-state index is 0.0300. The van der Waals surface area contributed by atoms with Gasteiger partial charge in [-0.25, -0.2) is 0 Å². The van der Waals surface area contributed by atoms with E-state index in [9.17, 15) is 5.11 Å². The Morgan fingerprint density at radius 2 is 1.00 bits per heavy atom. The molecule has 0 spiro atoms. The Morgan fingerprint density at radius 1 is 0.556 bits per heavy atom. The van der Waals surface area contributed by atoms with Crippen molar-refractivity contribution in [2.45, 2.75) is 77.2 Å². The fraction of sp³-hybridized carbons (Fsp3) is 1.00. The minimum atomic E-state index is -0.582. The summed E-state index contributed by atoms with van der Waals surface area (Å²) in [5.41, 5.74) is 0. The van der Waals surface area contributed by atoms with Gasteiger partial charge < -0.3 is 29.2 Å². The second-order valence-electron chi connectivity index (χ2n) is 6.93. The van der Waals surface area contributed by atoms with E-state index in [1.165, 1.54) is 57.8 Å². The number of hydrogen-bond acceptors (Lipinski definition) is 6. The summed E-state index contributed by atoms with van der Waals surface area (Å²) in [6.45, 7) is 5.78. The maximum Gasteiger partial charge on any atom is 0.101 e. The van der Waals surface area contributed by atoms with Crippen LogP contribution in [0.2, 0.25) is 0 Å². The highest BCUT2D eigenvalue weighted by Crippen LogP contribution is 2.10. The molecule has 164 valence electrons. The van der Waals surface area contributed by atoms with Crippen molar-refractivity contribution in [1.82, 2.24) is 0 Å². The molecule has 0 saturated carbocycles. The fourth-order valence-electron chi connectivity index (χ4n) is 2.68. The second kappa shape index (κ2) is 23.8. The Kier molecular flexibility index (Phi) is 23.6. The van der Waals surface area contributed by atoms with Crippen LogP contribution in [0.1, 0.15) is 71.1 Å². The zero-order valence-electron chi connectivity index (χ0n) is 17.5. The summed E-state index contributed by atoms with van der Waals surface area (Å²) in [5.74, 6) is 0. The summed E-state index contributed by atoms with van der Waals surface area (Å²) in [5, 5.41) is 18.3. The molecule has 2 N–H and O–H groups in total. The smallest absolute Gasteiger partial charge is 0.101 e. The molecule has 0 aromatic heterocycles. The molecule has 27 heavy (non-hydrogen) atoms. The first kappa shape index (κ1) is 26.8. The van der Waals surface area contributed by atoms with Gasteiger partial charge in [0.25, 0.3) is 0 Å². The Labute approximate surface area is 166 Å². The van der Waals surface area contributed by atoms with E-state index in [0.29, 0.717) is 46.2 Å². The van der Waals surface area contributed by atoms with Crippen LogP contribution in [-0.4, -0.2) is 75.8 Å². The van der Waals surface area contributed by atoms with E-state index < -0.39 is 6.10 Å². The van der Waals surface area contributed by atoms with E-state index in [1.807, 2.05) is 0 Å². The second-order valence-corrected chi connectivity index (χ2v) is 6.93. The molecule has 0 amide bonds. The van der Waals surface area contributed by atoms with Crippen LogP contribution in [0.3, 0.4) is 0 Å². The number of rotatable bonds is 23. The van der Waals surface area contributed by atoms with Crippen LogP contribution in [0.4, 0.5) is 0 Å². The van der Waals surface area contributed by atoms with E-state index in [0.717, 1.165) is 6.42 Å². The highest BCUT2D eigenvalue weighted by atomic mass is 16.5. The lowest BCUT2D eigenvalue weighted by molar-refractivity contribution is -0.0376. The molecule has 0 aliphatic heterocycles. The number of ether oxygens (including phenoxy) is 4. The van der Waals surface area contributed by atoms with Crippen molar-refractivity contribution >= 4 is 0 Å². The van der Waals surface area contributed by atoms with Gasteiger partial charge in [0.1, 0.15) is 6.10 Å². The Morgan fingerprint density at radius 3 is 1.56 bits per heavy atom. The quantitative estimate of drug-likeness (QED) is 0.260. The maximum atomic E-state index is 9.78. The summed E-state index contributed by atoms with van der Waals surface area (Å²) in [6, 6.07) is 0.